The molecule has 2 unspecified atom stereocenters. The number of hydrogen-bond donors (Lipinski definition) is 1. The highest BCUT2D eigenvalue weighted by molar-refractivity contribution is 5.81. The van der Waals surface area contributed by atoms with E-state index in [1.165, 1.54) is 6.07 Å². The van der Waals surface area contributed by atoms with Crippen LogP contribution in [0.5, 0.6) is 5.75 Å². The number of carbonyl (C=O) groups is 1. The van der Waals surface area contributed by atoms with Crippen molar-refractivity contribution in [2.45, 2.75) is 38.0 Å². The van der Waals surface area contributed by atoms with Gasteiger partial charge in [0.25, 0.3) is 0 Å². The van der Waals surface area contributed by atoms with Crippen LogP contribution in [0.25, 0.3) is 0 Å². The van der Waals surface area contributed by atoms with Gasteiger partial charge in [0.2, 0.25) is 5.91 Å². The lowest BCUT2D eigenvalue weighted by molar-refractivity contribution is -0.129. The molecule has 2 atom stereocenters. The Morgan fingerprint density at radius 2 is 2.21 bits per heavy atom. The normalized spacial score (nSPS) is 26.0. The first-order chi connectivity index (χ1) is 11.6. The minimum atomic E-state index is -2.85. The van der Waals surface area contributed by atoms with E-state index in [0.29, 0.717) is 19.7 Å². The Kier molecular flexibility index (Phi) is 5.63. The SMILES string of the molecule is O=C1NCCCCC1N1CCOC(c2cccc(OC(F)F)c2)C1. The summed E-state index contributed by atoms with van der Waals surface area (Å²) in [4.78, 5) is 14.4. The van der Waals surface area contributed by atoms with Crippen LogP contribution in [0.1, 0.15) is 30.9 Å². The van der Waals surface area contributed by atoms with Gasteiger partial charge in [-0.1, -0.05) is 12.1 Å². The largest absolute Gasteiger partial charge is 0.435 e. The van der Waals surface area contributed by atoms with E-state index in [4.69, 9.17) is 4.74 Å². The second kappa shape index (κ2) is 7.90. The quantitative estimate of drug-likeness (QED) is 0.914. The van der Waals surface area contributed by atoms with Gasteiger partial charge in [-0.05, 0) is 37.0 Å². The molecule has 2 heterocycles. The Morgan fingerprint density at radius 1 is 1.33 bits per heavy atom. The zero-order valence-corrected chi connectivity index (χ0v) is 13.4. The monoisotopic (exact) mass is 340 g/mol. The summed E-state index contributed by atoms with van der Waals surface area (Å²) < 4.78 is 35.0. The topological polar surface area (TPSA) is 50.8 Å². The Hall–Kier alpha value is -1.73. The molecule has 0 saturated carbocycles. The molecule has 0 spiro atoms. The number of hydrogen-bond acceptors (Lipinski definition) is 4. The Labute approximate surface area is 139 Å². The van der Waals surface area contributed by atoms with Crippen molar-refractivity contribution in [3.8, 4) is 5.75 Å². The molecule has 1 aromatic rings. The van der Waals surface area contributed by atoms with E-state index in [-0.39, 0.29) is 23.8 Å². The average Bonchev–Trinajstić information content (AvgIpc) is 2.79. The van der Waals surface area contributed by atoms with Crippen LogP contribution in [0.2, 0.25) is 0 Å². The number of morpholine rings is 1. The fraction of sp³-hybridized carbons (Fsp3) is 0.588. The van der Waals surface area contributed by atoms with Crippen LogP contribution < -0.4 is 10.1 Å². The molecular weight excluding hydrogens is 318 g/mol. The minimum absolute atomic E-state index is 0.0722. The molecule has 132 valence electrons. The van der Waals surface area contributed by atoms with Crippen molar-refractivity contribution in [3.63, 3.8) is 0 Å². The Morgan fingerprint density at radius 3 is 3.04 bits per heavy atom. The van der Waals surface area contributed by atoms with E-state index in [9.17, 15) is 13.6 Å². The summed E-state index contributed by atoms with van der Waals surface area (Å²) in [5, 5.41) is 2.95. The van der Waals surface area contributed by atoms with Gasteiger partial charge in [0.15, 0.2) is 0 Å². The van der Waals surface area contributed by atoms with Crippen molar-refractivity contribution in [2.24, 2.45) is 0 Å². The van der Waals surface area contributed by atoms with Crippen LogP contribution in [0.4, 0.5) is 8.78 Å². The first-order valence-corrected chi connectivity index (χ1v) is 8.31. The molecule has 2 fully saturated rings. The molecule has 0 aliphatic carbocycles. The second-order valence-electron chi connectivity index (χ2n) is 6.11. The van der Waals surface area contributed by atoms with Gasteiger partial charge in [0.05, 0.1) is 18.8 Å². The molecule has 0 radical (unpaired) electrons. The van der Waals surface area contributed by atoms with Gasteiger partial charge in [-0.25, -0.2) is 0 Å². The van der Waals surface area contributed by atoms with Crippen LogP contribution in [0, 0.1) is 0 Å². The number of carbonyl (C=O) groups excluding carboxylic acids is 1. The predicted octanol–water partition coefficient (Wildman–Crippen LogP) is 2.33. The van der Waals surface area contributed by atoms with Crippen molar-refractivity contribution < 1.29 is 23.0 Å². The van der Waals surface area contributed by atoms with Crippen LogP contribution in [-0.2, 0) is 9.53 Å². The third-order valence-corrected chi connectivity index (χ3v) is 4.50. The summed E-state index contributed by atoms with van der Waals surface area (Å²) in [7, 11) is 0. The first kappa shape index (κ1) is 17.1. The highest BCUT2D eigenvalue weighted by Gasteiger charge is 2.32. The molecule has 1 amide bonds. The molecule has 2 aliphatic rings. The smallest absolute Gasteiger partial charge is 0.387 e. The van der Waals surface area contributed by atoms with Crippen LogP contribution >= 0.6 is 0 Å². The van der Waals surface area contributed by atoms with Crippen LogP contribution in [-0.4, -0.2) is 49.7 Å². The molecule has 2 saturated heterocycles. The number of alkyl halides is 2. The molecule has 7 heteroatoms. The van der Waals surface area contributed by atoms with E-state index in [1.807, 2.05) is 6.07 Å². The number of nitrogens with one attached hydrogen (secondary N) is 1. The number of nitrogens with zero attached hydrogens (tertiary/aromatic N) is 1. The molecule has 1 aromatic carbocycles. The standard InChI is InChI=1S/C17H22F2N2O3/c18-17(19)24-13-5-3-4-12(10-13)15-11-21(8-9-23-15)14-6-1-2-7-20-16(14)22/h3-5,10,14-15,17H,1-2,6-9,11H2,(H,20,22). The molecule has 0 bridgehead atoms. The lowest BCUT2D eigenvalue weighted by Crippen LogP contribution is -2.51. The number of benzene rings is 1. The van der Waals surface area contributed by atoms with E-state index in [1.54, 1.807) is 12.1 Å². The van der Waals surface area contributed by atoms with Gasteiger partial charge in [-0.15, -0.1) is 0 Å². The van der Waals surface area contributed by atoms with Gasteiger partial charge >= 0.3 is 6.61 Å². The number of rotatable bonds is 4. The fourth-order valence-corrected chi connectivity index (χ4v) is 3.32. The summed E-state index contributed by atoms with van der Waals surface area (Å²) >= 11 is 0. The Balaban J connectivity index is 1.70. The third-order valence-electron chi connectivity index (χ3n) is 4.50. The molecule has 24 heavy (non-hydrogen) atoms. The second-order valence-corrected chi connectivity index (χ2v) is 6.11. The summed E-state index contributed by atoms with van der Waals surface area (Å²) in [5.41, 5.74) is 0.784. The number of ether oxygens (including phenoxy) is 2. The fourth-order valence-electron chi connectivity index (χ4n) is 3.32. The zero-order valence-electron chi connectivity index (χ0n) is 13.4. The van der Waals surface area contributed by atoms with Crippen LogP contribution in [0.3, 0.4) is 0 Å². The van der Waals surface area contributed by atoms with E-state index >= 15 is 0 Å². The average molecular weight is 340 g/mol. The van der Waals surface area contributed by atoms with Crippen molar-refractivity contribution in [1.29, 1.82) is 0 Å². The molecular formula is C17H22F2N2O3. The molecule has 0 aromatic heterocycles. The van der Waals surface area contributed by atoms with Crippen molar-refractivity contribution >= 4 is 5.91 Å². The summed E-state index contributed by atoms with van der Waals surface area (Å²) in [6.45, 7) is -0.346. The van der Waals surface area contributed by atoms with Gasteiger partial charge in [-0.2, -0.15) is 8.78 Å². The molecule has 1 N–H and O–H groups in total. The van der Waals surface area contributed by atoms with Crippen molar-refractivity contribution in [2.75, 3.05) is 26.2 Å². The van der Waals surface area contributed by atoms with Crippen LogP contribution in [0.15, 0.2) is 24.3 Å². The summed E-state index contributed by atoms with van der Waals surface area (Å²) in [6, 6.07) is 6.44. The highest BCUT2D eigenvalue weighted by Crippen LogP contribution is 2.28. The lowest BCUT2D eigenvalue weighted by Gasteiger charge is -2.37. The molecule has 5 nitrogen and oxygen atoms in total. The van der Waals surface area contributed by atoms with Crippen molar-refractivity contribution in [3.05, 3.63) is 29.8 Å². The van der Waals surface area contributed by atoms with E-state index in [2.05, 4.69) is 15.0 Å². The maximum atomic E-state index is 12.4. The predicted molar refractivity (Wildman–Crippen MR) is 84.0 cm³/mol. The Bertz CT molecular complexity index is 571. The maximum absolute atomic E-state index is 12.4. The number of halogens is 2. The third kappa shape index (κ3) is 4.21. The highest BCUT2D eigenvalue weighted by atomic mass is 19.3. The minimum Gasteiger partial charge on any atom is -0.435 e. The van der Waals surface area contributed by atoms with Crippen molar-refractivity contribution in [1.82, 2.24) is 10.2 Å². The van der Waals surface area contributed by atoms with Gasteiger partial charge in [-0.3, -0.25) is 9.69 Å². The molecule has 3 rings (SSSR count). The van der Waals surface area contributed by atoms with Gasteiger partial charge in [0, 0.05) is 19.6 Å². The van der Waals surface area contributed by atoms with E-state index < -0.39 is 6.61 Å². The lowest BCUT2D eigenvalue weighted by atomic mass is 10.0. The van der Waals surface area contributed by atoms with Gasteiger partial charge in [0.1, 0.15) is 5.75 Å². The zero-order chi connectivity index (χ0) is 16.9. The number of amides is 1. The van der Waals surface area contributed by atoms with Gasteiger partial charge < -0.3 is 14.8 Å². The maximum Gasteiger partial charge on any atom is 0.387 e. The summed E-state index contributed by atoms with van der Waals surface area (Å²) in [5.74, 6) is 0.193. The first-order valence-electron chi connectivity index (χ1n) is 8.31. The molecule has 2 aliphatic heterocycles. The van der Waals surface area contributed by atoms with E-state index in [0.717, 1.165) is 31.4 Å². The summed E-state index contributed by atoms with van der Waals surface area (Å²) in [6.07, 6.45) is 2.61.